The van der Waals surface area contributed by atoms with E-state index in [0.717, 1.165) is 34.6 Å². The zero-order chi connectivity index (χ0) is 32.0. The largest absolute Gasteiger partial charge is 0.519 e. The summed E-state index contributed by atoms with van der Waals surface area (Å²) in [6.45, 7) is 15.3. The van der Waals surface area contributed by atoms with E-state index in [2.05, 4.69) is 46.9 Å². The highest BCUT2D eigenvalue weighted by Crippen LogP contribution is 2.54. The molecule has 0 bridgehead atoms. The Morgan fingerprint density at radius 2 is 1.64 bits per heavy atom. The number of fused-ring (bicyclic) bond motifs is 1. The summed E-state index contributed by atoms with van der Waals surface area (Å²) < 4.78 is 29.8. The van der Waals surface area contributed by atoms with Crippen LogP contribution in [0.4, 0.5) is 0 Å². The van der Waals surface area contributed by atoms with Gasteiger partial charge in [-0.15, -0.1) is 0 Å². The third kappa shape index (κ3) is 8.01. The average molecular weight is 622 g/mol. The van der Waals surface area contributed by atoms with E-state index in [1.165, 1.54) is 7.11 Å². The summed E-state index contributed by atoms with van der Waals surface area (Å²) in [5.74, 6) is 1.90. The van der Waals surface area contributed by atoms with Crippen molar-refractivity contribution in [2.24, 2.45) is 0 Å². The van der Waals surface area contributed by atoms with Crippen LogP contribution in [0.2, 0.25) is 10.1 Å². The molecule has 0 amide bonds. The van der Waals surface area contributed by atoms with E-state index < -0.39 is 14.7 Å². The number of carbonyl (C=O) groups is 1. The minimum absolute atomic E-state index is 0.0890. The van der Waals surface area contributed by atoms with Crippen LogP contribution in [0.3, 0.4) is 0 Å². The molecule has 2 N–H and O–H groups in total. The van der Waals surface area contributed by atoms with Gasteiger partial charge in [0, 0.05) is 27.7 Å². The fourth-order valence-electron chi connectivity index (χ4n) is 5.71. The first kappa shape index (κ1) is 33.5. The molecule has 0 saturated carbocycles. The van der Waals surface area contributed by atoms with Crippen LogP contribution in [0.25, 0.3) is 0 Å². The average Bonchev–Trinajstić information content (AvgIpc) is 3.00. The van der Waals surface area contributed by atoms with Crippen molar-refractivity contribution in [2.75, 3.05) is 26.8 Å². The first-order valence-corrected chi connectivity index (χ1v) is 17.0. The molecule has 8 nitrogen and oxygen atoms in total. The highest BCUT2D eigenvalue weighted by molar-refractivity contribution is 6.74. The molecule has 0 spiro atoms. The molecule has 0 fully saturated rings. The molecule has 0 aliphatic carbocycles. The lowest BCUT2D eigenvalue weighted by Gasteiger charge is -2.50. The second-order valence-corrected chi connectivity index (χ2v) is 18.0. The maximum Gasteiger partial charge on any atom is 0.410 e. The molecule has 3 aromatic rings. The summed E-state index contributed by atoms with van der Waals surface area (Å²) in [7, 11) is -1.20. The van der Waals surface area contributed by atoms with Crippen LogP contribution in [0.5, 0.6) is 17.2 Å². The molecular formula is C35H47NO7Si. The minimum Gasteiger partial charge on any atom is -0.519 e. The summed E-state index contributed by atoms with van der Waals surface area (Å²) >= 11 is 0. The Morgan fingerprint density at radius 1 is 0.955 bits per heavy atom. The standard InChI is InChI=1S/C35H47NO7Si/c1-34(2,3)44(35(4,5)6)42-23-27-20-30(16-17-32(27)43-44)41-24-28(37)21-36-19-18-25-12-14-29(15-13-25)40-22-26-10-8-9-11-31(26)33(38)39-7/h8-17,20,28,36-37H,18-19,21-24H2,1-7H3/t28-/m0/s1. The molecule has 4 rings (SSSR count). The number of hydrogen-bond donors (Lipinski definition) is 2. The van der Waals surface area contributed by atoms with Crippen LogP contribution in [0, 0.1) is 0 Å². The van der Waals surface area contributed by atoms with Gasteiger partial charge in [0.1, 0.15) is 36.6 Å². The van der Waals surface area contributed by atoms with Gasteiger partial charge in [0.05, 0.1) is 19.3 Å². The van der Waals surface area contributed by atoms with Gasteiger partial charge in [-0.3, -0.25) is 0 Å². The molecule has 0 radical (unpaired) electrons. The van der Waals surface area contributed by atoms with Gasteiger partial charge in [0.25, 0.3) is 0 Å². The van der Waals surface area contributed by atoms with Gasteiger partial charge in [-0.1, -0.05) is 71.9 Å². The quantitative estimate of drug-likeness (QED) is 0.133. The van der Waals surface area contributed by atoms with E-state index in [1.54, 1.807) is 12.1 Å². The number of hydrogen-bond acceptors (Lipinski definition) is 8. The lowest BCUT2D eigenvalue weighted by Crippen LogP contribution is -2.61. The summed E-state index contributed by atoms with van der Waals surface area (Å²) in [5, 5.41) is 13.6. The normalized spacial score (nSPS) is 15.1. The smallest absolute Gasteiger partial charge is 0.410 e. The SMILES string of the molecule is COC(=O)c1ccccc1COc1ccc(CCNC[C@H](O)COc2ccc3c(c2)CO[Si](C(C)(C)C)(C(C)(C)C)O3)cc1. The first-order chi connectivity index (χ1) is 20.8. The van der Waals surface area contributed by atoms with Crippen LogP contribution in [0.15, 0.2) is 66.7 Å². The summed E-state index contributed by atoms with van der Waals surface area (Å²) in [4.78, 5) is 12.0. The monoisotopic (exact) mass is 621 g/mol. The molecule has 9 heteroatoms. The fraction of sp³-hybridized carbons (Fsp3) is 0.457. The number of rotatable bonds is 12. The highest BCUT2D eigenvalue weighted by atomic mass is 28.4. The Morgan fingerprint density at radius 3 is 2.32 bits per heavy atom. The number of aliphatic hydroxyl groups excluding tert-OH is 1. The maximum atomic E-state index is 12.0. The third-order valence-electron chi connectivity index (χ3n) is 7.84. The van der Waals surface area contributed by atoms with Gasteiger partial charge in [0.15, 0.2) is 0 Å². The third-order valence-corrected chi connectivity index (χ3v) is 12.9. The van der Waals surface area contributed by atoms with Crippen LogP contribution in [-0.2, 0) is 28.8 Å². The Balaban J connectivity index is 1.18. The van der Waals surface area contributed by atoms with Gasteiger partial charge in [-0.05, 0) is 54.9 Å². The summed E-state index contributed by atoms with van der Waals surface area (Å²) in [5.41, 5.74) is 3.39. The molecule has 1 aliphatic rings. The van der Waals surface area contributed by atoms with Crippen molar-refractivity contribution in [3.05, 3.63) is 89.0 Å². The van der Waals surface area contributed by atoms with E-state index in [0.29, 0.717) is 31.0 Å². The number of ether oxygens (including phenoxy) is 3. The van der Waals surface area contributed by atoms with E-state index in [4.69, 9.17) is 23.1 Å². The van der Waals surface area contributed by atoms with Crippen molar-refractivity contribution in [2.45, 2.75) is 77.4 Å². The van der Waals surface area contributed by atoms with Crippen LogP contribution >= 0.6 is 0 Å². The van der Waals surface area contributed by atoms with E-state index in [1.807, 2.05) is 54.6 Å². The highest BCUT2D eigenvalue weighted by Gasteiger charge is 2.61. The van der Waals surface area contributed by atoms with E-state index in [9.17, 15) is 9.90 Å². The molecule has 1 atom stereocenters. The molecule has 44 heavy (non-hydrogen) atoms. The Labute approximate surface area is 262 Å². The molecule has 1 heterocycles. The Bertz CT molecular complexity index is 1380. The fourth-order valence-corrected chi connectivity index (χ4v) is 10.4. The maximum absolute atomic E-state index is 12.0. The number of nitrogens with one attached hydrogen (secondary N) is 1. The minimum atomic E-state index is -2.57. The second kappa shape index (κ2) is 14.2. The van der Waals surface area contributed by atoms with Gasteiger partial charge in [-0.25, -0.2) is 4.79 Å². The van der Waals surface area contributed by atoms with Gasteiger partial charge < -0.3 is 33.5 Å². The molecular weight excluding hydrogens is 574 g/mol. The first-order valence-electron chi connectivity index (χ1n) is 15.2. The van der Waals surface area contributed by atoms with Crippen molar-refractivity contribution in [3.63, 3.8) is 0 Å². The topological polar surface area (TPSA) is 95.5 Å². The number of methoxy groups -OCH3 is 1. The van der Waals surface area contributed by atoms with Crippen molar-refractivity contribution in [3.8, 4) is 17.2 Å². The predicted octanol–water partition coefficient (Wildman–Crippen LogP) is 6.58. The summed E-state index contributed by atoms with van der Waals surface area (Å²) in [6, 6.07) is 20.9. The van der Waals surface area contributed by atoms with E-state index in [-0.39, 0.29) is 29.3 Å². The van der Waals surface area contributed by atoms with Gasteiger partial charge >= 0.3 is 14.5 Å². The molecule has 0 saturated heterocycles. The Hall–Kier alpha value is -3.37. The predicted molar refractivity (Wildman–Crippen MR) is 174 cm³/mol. The summed E-state index contributed by atoms with van der Waals surface area (Å²) in [6.07, 6.45) is 0.154. The Kier molecular flexibility index (Phi) is 10.8. The van der Waals surface area contributed by atoms with Crippen LogP contribution in [-0.4, -0.2) is 52.5 Å². The van der Waals surface area contributed by atoms with Crippen LogP contribution in [0.1, 0.15) is 68.6 Å². The zero-order valence-corrected chi connectivity index (χ0v) is 28.1. The van der Waals surface area contributed by atoms with Gasteiger partial charge in [0.2, 0.25) is 0 Å². The van der Waals surface area contributed by atoms with Crippen molar-refractivity contribution < 1.29 is 33.0 Å². The number of carbonyl (C=O) groups excluding carboxylic acids is 1. The molecule has 3 aromatic carbocycles. The number of aliphatic hydroxyl groups is 1. The van der Waals surface area contributed by atoms with E-state index >= 15 is 0 Å². The van der Waals surface area contributed by atoms with Crippen molar-refractivity contribution in [1.29, 1.82) is 0 Å². The number of esters is 1. The van der Waals surface area contributed by atoms with Crippen molar-refractivity contribution in [1.82, 2.24) is 5.32 Å². The molecule has 238 valence electrons. The van der Waals surface area contributed by atoms with Crippen molar-refractivity contribution >= 4 is 14.5 Å². The molecule has 0 aromatic heterocycles. The molecule has 0 unspecified atom stereocenters. The lowest BCUT2D eigenvalue weighted by atomic mass is 10.1. The lowest BCUT2D eigenvalue weighted by molar-refractivity contribution is 0.0597. The molecule has 1 aliphatic heterocycles. The second-order valence-electron chi connectivity index (χ2n) is 13.3. The number of benzene rings is 3. The van der Waals surface area contributed by atoms with Crippen LogP contribution < -0.4 is 19.2 Å². The zero-order valence-electron chi connectivity index (χ0n) is 27.1. The van der Waals surface area contributed by atoms with Gasteiger partial charge in [-0.2, -0.15) is 0 Å².